The molecule has 2 aromatic carbocycles. The molecule has 35 heavy (non-hydrogen) atoms. The quantitative estimate of drug-likeness (QED) is 0.473. The van der Waals surface area contributed by atoms with Gasteiger partial charge in [-0.25, -0.2) is 4.98 Å². The highest BCUT2D eigenvalue weighted by molar-refractivity contribution is 7.12. The van der Waals surface area contributed by atoms with Crippen LogP contribution >= 0.6 is 11.3 Å². The number of hydrogen-bond acceptors (Lipinski definition) is 7. The number of hydrogen-bond donors (Lipinski definition) is 1. The lowest BCUT2D eigenvalue weighted by Gasteiger charge is -2.35. The van der Waals surface area contributed by atoms with Crippen molar-refractivity contribution in [2.24, 2.45) is 0 Å². The van der Waals surface area contributed by atoms with Gasteiger partial charge in [-0.1, -0.05) is 36.8 Å². The summed E-state index contributed by atoms with van der Waals surface area (Å²) in [5, 5.41) is 3.69. The zero-order valence-corrected chi connectivity index (χ0v) is 21.4. The van der Waals surface area contributed by atoms with Crippen LogP contribution in [0.5, 0.6) is 0 Å². The van der Waals surface area contributed by atoms with Crippen molar-refractivity contribution >= 4 is 34.6 Å². The smallest absolute Gasteiger partial charge is 0.311 e. The van der Waals surface area contributed by atoms with E-state index in [-0.39, 0.29) is 18.9 Å². The molecule has 1 amide bonds. The van der Waals surface area contributed by atoms with Crippen molar-refractivity contribution in [3.05, 3.63) is 64.0 Å². The Labute approximate surface area is 210 Å². The number of ether oxygens (including phenoxy) is 1. The number of benzene rings is 2. The van der Waals surface area contributed by atoms with E-state index in [1.54, 1.807) is 0 Å². The van der Waals surface area contributed by atoms with Crippen molar-refractivity contribution in [2.45, 2.75) is 27.2 Å². The van der Waals surface area contributed by atoms with Crippen molar-refractivity contribution < 1.29 is 14.3 Å². The number of rotatable bonds is 8. The summed E-state index contributed by atoms with van der Waals surface area (Å²) >= 11 is 1.47. The minimum atomic E-state index is -0.446. The number of likely N-dealkylation sites (N-methyl/N-ethyl adjacent to an activating group) is 1. The zero-order chi connectivity index (χ0) is 24.8. The molecular weight excluding hydrogens is 460 g/mol. The molecule has 1 N–H and O–H groups in total. The van der Waals surface area contributed by atoms with Gasteiger partial charge >= 0.3 is 5.97 Å². The third-order valence-electron chi connectivity index (χ3n) is 6.13. The van der Waals surface area contributed by atoms with E-state index < -0.39 is 5.97 Å². The van der Waals surface area contributed by atoms with Gasteiger partial charge in [0.2, 0.25) is 0 Å². The predicted molar refractivity (Wildman–Crippen MR) is 141 cm³/mol. The standard InChI is InChI=1S/C27H32N4O3S/c1-4-30-13-15-31(16-14-30)23-11-9-22(10-12-23)29-25(32)18-34-26(33)17-24-27(28-20(3)35-24)21-7-5-19(2)6-8-21/h5-12H,4,13-18H2,1-3H3,(H,29,32). The third-order valence-corrected chi connectivity index (χ3v) is 7.10. The highest BCUT2D eigenvalue weighted by atomic mass is 32.1. The second kappa shape index (κ2) is 11.5. The SMILES string of the molecule is CCN1CCN(c2ccc(NC(=O)COC(=O)Cc3sc(C)nc3-c3ccc(C)cc3)cc2)CC1. The Morgan fingerprint density at radius 2 is 1.69 bits per heavy atom. The fraction of sp³-hybridized carbons (Fsp3) is 0.370. The molecule has 0 spiro atoms. The Balaban J connectivity index is 1.26. The summed E-state index contributed by atoms with van der Waals surface area (Å²) in [5.41, 5.74) is 4.76. The Hall–Kier alpha value is -3.23. The van der Waals surface area contributed by atoms with Crippen LogP contribution in [0.15, 0.2) is 48.5 Å². The number of thiazole rings is 1. The summed E-state index contributed by atoms with van der Waals surface area (Å²) in [5.74, 6) is -0.805. The number of piperazine rings is 1. The summed E-state index contributed by atoms with van der Waals surface area (Å²) < 4.78 is 5.25. The van der Waals surface area contributed by atoms with E-state index in [1.807, 2.05) is 62.4 Å². The molecule has 0 radical (unpaired) electrons. The van der Waals surface area contributed by atoms with Gasteiger partial charge in [0.1, 0.15) is 0 Å². The van der Waals surface area contributed by atoms with Crippen LogP contribution in [0.4, 0.5) is 11.4 Å². The number of amides is 1. The van der Waals surface area contributed by atoms with Crippen LogP contribution in [0, 0.1) is 13.8 Å². The van der Waals surface area contributed by atoms with Crippen molar-refractivity contribution in [2.75, 3.05) is 49.5 Å². The molecule has 4 rings (SSSR count). The summed E-state index contributed by atoms with van der Waals surface area (Å²) in [6.07, 6.45) is 0.0853. The second-order valence-corrected chi connectivity index (χ2v) is 10.0. The van der Waals surface area contributed by atoms with Crippen LogP contribution in [-0.4, -0.2) is 61.1 Å². The molecular formula is C27H32N4O3S. The first kappa shape index (κ1) is 24.9. The topological polar surface area (TPSA) is 74.8 Å². The number of anilines is 2. The highest BCUT2D eigenvalue weighted by Gasteiger charge is 2.18. The lowest BCUT2D eigenvalue weighted by atomic mass is 10.1. The van der Waals surface area contributed by atoms with Crippen molar-refractivity contribution in [3.8, 4) is 11.3 Å². The largest absolute Gasteiger partial charge is 0.455 e. The molecule has 0 atom stereocenters. The van der Waals surface area contributed by atoms with Gasteiger partial charge in [-0.15, -0.1) is 11.3 Å². The number of aryl methyl sites for hydroxylation is 2. The number of carbonyl (C=O) groups excluding carboxylic acids is 2. The van der Waals surface area contributed by atoms with Crippen molar-refractivity contribution in [1.29, 1.82) is 0 Å². The number of nitrogens with one attached hydrogen (secondary N) is 1. The minimum absolute atomic E-state index is 0.0853. The van der Waals surface area contributed by atoms with E-state index in [2.05, 4.69) is 27.0 Å². The van der Waals surface area contributed by atoms with Crippen molar-refractivity contribution in [1.82, 2.24) is 9.88 Å². The van der Waals surface area contributed by atoms with Crippen LogP contribution in [0.2, 0.25) is 0 Å². The lowest BCUT2D eigenvalue weighted by Crippen LogP contribution is -2.46. The average Bonchev–Trinajstić information content (AvgIpc) is 3.23. The molecule has 1 aliphatic heterocycles. The van der Waals surface area contributed by atoms with Gasteiger partial charge in [0.05, 0.1) is 17.1 Å². The summed E-state index contributed by atoms with van der Waals surface area (Å²) in [6, 6.07) is 15.9. The zero-order valence-electron chi connectivity index (χ0n) is 20.5. The molecule has 0 unspecified atom stereocenters. The number of nitrogens with zero attached hydrogens (tertiary/aromatic N) is 3. The maximum absolute atomic E-state index is 12.4. The first-order valence-corrected chi connectivity index (χ1v) is 12.8. The van der Waals surface area contributed by atoms with Gasteiger partial charge in [0.25, 0.3) is 5.91 Å². The van der Waals surface area contributed by atoms with Crippen LogP contribution in [0.3, 0.4) is 0 Å². The van der Waals surface area contributed by atoms with E-state index >= 15 is 0 Å². The molecule has 0 aliphatic carbocycles. The molecule has 1 aliphatic rings. The van der Waals surface area contributed by atoms with Gasteiger partial charge in [0, 0.05) is 48.0 Å². The van der Waals surface area contributed by atoms with Gasteiger partial charge in [0.15, 0.2) is 6.61 Å². The maximum atomic E-state index is 12.4. The summed E-state index contributed by atoms with van der Waals surface area (Å²) in [4.78, 5) is 35.0. The fourth-order valence-corrected chi connectivity index (χ4v) is 5.07. The Bertz CT molecular complexity index is 1150. The van der Waals surface area contributed by atoms with Crippen LogP contribution in [-0.2, 0) is 20.7 Å². The summed E-state index contributed by atoms with van der Waals surface area (Å²) in [6.45, 7) is 11.0. The van der Waals surface area contributed by atoms with Gasteiger partial charge in [-0.3, -0.25) is 9.59 Å². The van der Waals surface area contributed by atoms with Gasteiger partial charge < -0.3 is 19.9 Å². The van der Waals surface area contributed by atoms with Gasteiger partial charge in [-0.05, 0) is 44.7 Å². The number of carbonyl (C=O) groups is 2. The molecule has 0 saturated carbocycles. The Morgan fingerprint density at radius 1 is 1.00 bits per heavy atom. The first-order chi connectivity index (χ1) is 16.9. The van der Waals surface area contributed by atoms with Crippen LogP contribution in [0.1, 0.15) is 22.4 Å². The van der Waals surface area contributed by atoms with E-state index in [0.717, 1.165) is 65.1 Å². The van der Waals surface area contributed by atoms with Crippen LogP contribution in [0.25, 0.3) is 11.3 Å². The monoisotopic (exact) mass is 492 g/mol. The van der Waals surface area contributed by atoms with E-state index in [4.69, 9.17) is 4.74 Å². The molecule has 2 heterocycles. The first-order valence-electron chi connectivity index (χ1n) is 12.0. The number of aromatic nitrogens is 1. The molecule has 7 nitrogen and oxygen atoms in total. The van der Waals surface area contributed by atoms with Crippen LogP contribution < -0.4 is 10.2 Å². The molecule has 184 valence electrons. The molecule has 0 bridgehead atoms. The molecule has 3 aromatic rings. The second-order valence-electron chi connectivity index (χ2n) is 8.72. The molecule has 1 aromatic heterocycles. The molecule has 1 saturated heterocycles. The van der Waals surface area contributed by atoms with E-state index in [0.29, 0.717) is 5.69 Å². The van der Waals surface area contributed by atoms with Gasteiger partial charge in [-0.2, -0.15) is 0 Å². The maximum Gasteiger partial charge on any atom is 0.311 e. The Kier molecular flexibility index (Phi) is 8.15. The highest BCUT2D eigenvalue weighted by Crippen LogP contribution is 2.29. The Morgan fingerprint density at radius 3 is 2.34 bits per heavy atom. The lowest BCUT2D eigenvalue weighted by molar-refractivity contribution is -0.146. The molecule has 8 heteroatoms. The van der Waals surface area contributed by atoms with E-state index in [9.17, 15) is 9.59 Å². The molecule has 1 fully saturated rings. The third kappa shape index (κ3) is 6.68. The number of esters is 1. The normalized spacial score (nSPS) is 14.1. The predicted octanol–water partition coefficient (Wildman–Crippen LogP) is 4.29. The fourth-order valence-electron chi connectivity index (χ4n) is 4.13. The van der Waals surface area contributed by atoms with Crippen molar-refractivity contribution in [3.63, 3.8) is 0 Å². The summed E-state index contributed by atoms with van der Waals surface area (Å²) in [7, 11) is 0. The van der Waals surface area contributed by atoms with E-state index in [1.165, 1.54) is 11.3 Å². The minimum Gasteiger partial charge on any atom is -0.455 e. The average molecular weight is 493 g/mol.